The lowest BCUT2D eigenvalue weighted by Gasteiger charge is -2.19. The summed E-state index contributed by atoms with van der Waals surface area (Å²) in [6.07, 6.45) is 5.03. The van der Waals surface area contributed by atoms with Crippen molar-refractivity contribution in [3.63, 3.8) is 0 Å². The smallest absolute Gasteiger partial charge is 0.233 e. The molecule has 0 N–H and O–H groups in total. The Kier molecular flexibility index (Phi) is 4.34. The molecule has 1 aromatic heterocycles. The van der Waals surface area contributed by atoms with Gasteiger partial charge in [-0.2, -0.15) is 4.98 Å². The number of aromatic nitrogens is 2. The summed E-state index contributed by atoms with van der Waals surface area (Å²) in [5.41, 5.74) is 0.909. The predicted octanol–water partition coefficient (Wildman–Crippen LogP) is 2.84. The fourth-order valence-electron chi connectivity index (χ4n) is 3.90. The molecule has 0 spiro atoms. The molecule has 2 aromatic rings. The summed E-state index contributed by atoms with van der Waals surface area (Å²) in [6.45, 7) is 0.438. The van der Waals surface area contributed by atoms with Crippen LogP contribution in [0.3, 0.4) is 0 Å². The van der Waals surface area contributed by atoms with Crippen molar-refractivity contribution in [2.24, 2.45) is 11.8 Å². The number of nitrogens with zero attached hydrogens (tertiary/aromatic N) is 3. The summed E-state index contributed by atoms with van der Waals surface area (Å²) in [5, 5.41) is 3.99. The van der Waals surface area contributed by atoms with E-state index in [4.69, 9.17) is 4.52 Å². The van der Waals surface area contributed by atoms with E-state index < -0.39 is 0 Å². The molecule has 1 aliphatic carbocycles. The summed E-state index contributed by atoms with van der Waals surface area (Å²) in [6, 6.07) is 9.65. The van der Waals surface area contributed by atoms with Gasteiger partial charge in [0.25, 0.3) is 0 Å². The molecule has 1 saturated carbocycles. The van der Waals surface area contributed by atoms with E-state index in [0.29, 0.717) is 31.1 Å². The Hall–Kier alpha value is -2.50. The van der Waals surface area contributed by atoms with Crippen LogP contribution in [0.5, 0.6) is 0 Å². The van der Waals surface area contributed by atoms with Crippen LogP contribution in [0, 0.1) is 11.8 Å². The van der Waals surface area contributed by atoms with Crippen molar-refractivity contribution in [3.05, 3.63) is 36.2 Å². The van der Waals surface area contributed by atoms with Gasteiger partial charge < -0.3 is 4.52 Å². The van der Waals surface area contributed by atoms with Gasteiger partial charge >= 0.3 is 0 Å². The number of imide groups is 1. The van der Waals surface area contributed by atoms with Gasteiger partial charge in [0.05, 0.1) is 11.8 Å². The lowest BCUT2D eigenvalue weighted by atomic mass is 9.81. The monoisotopic (exact) mass is 339 g/mol. The maximum atomic E-state index is 12.4. The van der Waals surface area contributed by atoms with Gasteiger partial charge in [-0.3, -0.25) is 14.5 Å². The number of amides is 2. The fraction of sp³-hybridized carbons (Fsp3) is 0.474. The zero-order valence-electron chi connectivity index (χ0n) is 14.1. The Balaban J connectivity index is 1.34. The first kappa shape index (κ1) is 16.0. The second kappa shape index (κ2) is 6.78. The van der Waals surface area contributed by atoms with Crippen molar-refractivity contribution in [1.29, 1.82) is 0 Å². The summed E-state index contributed by atoms with van der Waals surface area (Å²) in [5.74, 6) is 0.990. The molecular weight excluding hydrogens is 318 g/mol. The van der Waals surface area contributed by atoms with Crippen LogP contribution in [-0.4, -0.2) is 33.4 Å². The largest absolute Gasteiger partial charge is 0.339 e. The minimum atomic E-state index is -0.0747. The van der Waals surface area contributed by atoms with Crippen molar-refractivity contribution in [1.82, 2.24) is 15.0 Å². The molecule has 6 nitrogen and oxygen atoms in total. The Morgan fingerprint density at radius 2 is 1.72 bits per heavy atom. The fourth-order valence-corrected chi connectivity index (χ4v) is 3.90. The van der Waals surface area contributed by atoms with Crippen LogP contribution in [0.25, 0.3) is 11.4 Å². The van der Waals surface area contributed by atoms with E-state index in [1.54, 1.807) is 0 Å². The molecule has 130 valence electrons. The van der Waals surface area contributed by atoms with Gasteiger partial charge in [0.1, 0.15) is 0 Å². The van der Waals surface area contributed by atoms with Gasteiger partial charge in [0.2, 0.25) is 23.5 Å². The molecule has 25 heavy (non-hydrogen) atoms. The van der Waals surface area contributed by atoms with Crippen molar-refractivity contribution < 1.29 is 14.1 Å². The molecule has 6 heteroatoms. The van der Waals surface area contributed by atoms with Crippen LogP contribution in [-0.2, 0) is 16.0 Å². The van der Waals surface area contributed by atoms with Crippen molar-refractivity contribution in [3.8, 4) is 11.4 Å². The van der Waals surface area contributed by atoms with E-state index in [1.807, 2.05) is 30.3 Å². The predicted molar refractivity (Wildman–Crippen MR) is 90.2 cm³/mol. The van der Waals surface area contributed by atoms with Crippen LogP contribution >= 0.6 is 0 Å². The molecule has 2 amide bonds. The Morgan fingerprint density at radius 1 is 1.04 bits per heavy atom. The van der Waals surface area contributed by atoms with Crippen LogP contribution < -0.4 is 0 Å². The maximum Gasteiger partial charge on any atom is 0.233 e. The van der Waals surface area contributed by atoms with Gasteiger partial charge in [-0.05, 0) is 19.3 Å². The molecule has 2 heterocycles. The zero-order valence-corrected chi connectivity index (χ0v) is 14.1. The molecule has 4 rings (SSSR count). The third-order valence-corrected chi connectivity index (χ3v) is 5.20. The highest BCUT2D eigenvalue weighted by molar-refractivity contribution is 6.05. The lowest BCUT2D eigenvalue weighted by molar-refractivity contribution is -0.139. The highest BCUT2D eigenvalue weighted by atomic mass is 16.5. The average Bonchev–Trinajstić information content (AvgIpc) is 3.22. The molecule has 0 radical (unpaired) electrons. The molecule has 1 saturated heterocycles. The second-order valence-corrected chi connectivity index (χ2v) is 6.81. The Labute approximate surface area is 146 Å². The molecule has 0 unspecified atom stereocenters. The van der Waals surface area contributed by atoms with E-state index in [-0.39, 0.29) is 23.7 Å². The summed E-state index contributed by atoms with van der Waals surface area (Å²) in [7, 11) is 0. The van der Waals surface area contributed by atoms with Crippen molar-refractivity contribution in [2.75, 3.05) is 6.54 Å². The summed E-state index contributed by atoms with van der Waals surface area (Å²) in [4.78, 5) is 30.7. The zero-order chi connectivity index (χ0) is 17.2. The van der Waals surface area contributed by atoms with Gasteiger partial charge in [-0.1, -0.05) is 48.3 Å². The maximum absolute atomic E-state index is 12.4. The number of benzene rings is 1. The molecule has 2 aliphatic rings. The van der Waals surface area contributed by atoms with Crippen molar-refractivity contribution >= 4 is 11.8 Å². The average molecular weight is 339 g/mol. The molecule has 1 aliphatic heterocycles. The van der Waals surface area contributed by atoms with Gasteiger partial charge in [-0.25, -0.2) is 0 Å². The second-order valence-electron chi connectivity index (χ2n) is 6.81. The first-order valence-corrected chi connectivity index (χ1v) is 8.97. The molecule has 0 bridgehead atoms. The number of carbonyl (C=O) groups is 2. The molecule has 2 atom stereocenters. The highest BCUT2D eigenvalue weighted by Crippen LogP contribution is 2.38. The number of rotatable bonds is 5. The van der Waals surface area contributed by atoms with Crippen LogP contribution in [0.1, 0.15) is 38.0 Å². The quantitative estimate of drug-likeness (QED) is 0.783. The van der Waals surface area contributed by atoms with Gasteiger partial charge in [-0.15, -0.1) is 0 Å². The molecule has 1 aromatic carbocycles. The Morgan fingerprint density at radius 3 is 2.40 bits per heavy atom. The standard InChI is InChI=1S/C19H21N3O3/c23-18-14-9-4-5-10-15(14)19(24)22(18)12-6-11-16-20-17(21-25-16)13-7-2-1-3-8-13/h1-3,7-8,14-15H,4-6,9-12H2/t14-,15-/m0/s1. The Bertz CT molecular complexity index is 747. The van der Waals surface area contributed by atoms with Gasteiger partial charge in [0, 0.05) is 18.5 Å². The number of hydrogen-bond donors (Lipinski definition) is 0. The van der Waals surface area contributed by atoms with Crippen LogP contribution in [0.4, 0.5) is 0 Å². The molecular formula is C19H21N3O3. The minimum Gasteiger partial charge on any atom is -0.339 e. The number of aryl methyl sites for hydroxylation is 1. The van der Waals surface area contributed by atoms with E-state index in [9.17, 15) is 9.59 Å². The first-order chi connectivity index (χ1) is 12.2. The van der Waals surface area contributed by atoms with Crippen LogP contribution in [0.15, 0.2) is 34.9 Å². The highest BCUT2D eigenvalue weighted by Gasteiger charge is 2.47. The molecule has 2 fully saturated rings. The number of fused-ring (bicyclic) bond motifs is 1. The number of carbonyl (C=O) groups excluding carboxylic acids is 2. The van der Waals surface area contributed by atoms with E-state index in [1.165, 1.54) is 4.90 Å². The summed E-state index contributed by atoms with van der Waals surface area (Å²) >= 11 is 0. The third-order valence-electron chi connectivity index (χ3n) is 5.20. The normalized spacial score (nSPS) is 23.1. The SMILES string of the molecule is O=C1[C@H]2CCCC[C@@H]2C(=O)N1CCCc1nc(-c2ccccc2)no1. The third kappa shape index (κ3) is 3.08. The van der Waals surface area contributed by atoms with Crippen LogP contribution in [0.2, 0.25) is 0 Å². The van der Waals surface area contributed by atoms with E-state index >= 15 is 0 Å². The lowest BCUT2D eigenvalue weighted by Crippen LogP contribution is -2.32. The van der Waals surface area contributed by atoms with Gasteiger partial charge in [0.15, 0.2) is 0 Å². The van der Waals surface area contributed by atoms with Crippen molar-refractivity contribution in [2.45, 2.75) is 38.5 Å². The number of hydrogen-bond acceptors (Lipinski definition) is 5. The van der Waals surface area contributed by atoms with E-state index in [0.717, 1.165) is 31.2 Å². The minimum absolute atomic E-state index is 0.0187. The topological polar surface area (TPSA) is 76.3 Å². The van der Waals surface area contributed by atoms with E-state index in [2.05, 4.69) is 10.1 Å². The number of likely N-dealkylation sites (tertiary alicyclic amines) is 1. The first-order valence-electron chi connectivity index (χ1n) is 8.97. The summed E-state index contributed by atoms with van der Waals surface area (Å²) < 4.78 is 5.28.